The fraction of sp³-hybridized carbons (Fsp3) is 0. The molecule has 0 aliphatic heterocycles. The Morgan fingerprint density at radius 1 is 1.00 bits per heavy atom. The van der Waals surface area contributed by atoms with Gasteiger partial charge in [-0.25, -0.2) is 14.4 Å². The number of aromatic nitrogens is 2. The van der Waals surface area contributed by atoms with Crippen molar-refractivity contribution in [3.8, 4) is 11.4 Å². The van der Waals surface area contributed by atoms with E-state index in [0.717, 1.165) is 0 Å². The van der Waals surface area contributed by atoms with Crippen LogP contribution in [0.15, 0.2) is 54.9 Å². The minimum absolute atomic E-state index is 0.261. The van der Waals surface area contributed by atoms with Gasteiger partial charge in [0, 0.05) is 23.0 Å². The van der Waals surface area contributed by atoms with Crippen molar-refractivity contribution in [1.29, 1.82) is 0 Å². The molecule has 1 amide bonds. The smallest absolute Gasteiger partial charge is 0.258 e. The van der Waals surface area contributed by atoms with Gasteiger partial charge in [-0.15, -0.1) is 0 Å². The van der Waals surface area contributed by atoms with Crippen LogP contribution in [0.3, 0.4) is 0 Å². The molecule has 0 saturated carbocycles. The van der Waals surface area contributed by atoms with Gasteiger partial charge in [-0.3, -0.25) is 4.79 Å². The normalized spacial score (nSPS) is 10.5. The van der Waals surface area contributed by atoms with E-state index in [1.807, 2.05) is 0 Å². The molecule has 0 radical (unpaired) electrons. The molecule has 2 aromatic carbocycles. The first-order chi connectivity index (χ1) is 11.5. The van der Waals surface area contributed by atoms with Crippen molar-refractivity contribution < 1.29 is 9.18 Å². The van der Waals surface area contributed by atoms with Gasteiger partial charge in [-0.05, 0) is 42.5 Å². The largest absolute Gasteiger partial charge is 0.320 e. The molecule has 1 N–H and O–H groups in total. The van der Waals surface area contributed by atoms with Gasteiger partial charge in [0.2, 0.25) is 0 Å². The zero-order valence-corrected chi connectivity index (χ0v) is 13.6. The van der Waals surface area contributed by atoms with E-state index in [1.165, 1.54) is 24.5 Å². The first-order valence-electron chi connectivity index (χ1n) is 6.87. The molecule has 0 spiro atoms. The molecule has 0 atom stereocenters. The second kappa shape index (κ2) is 6.95. The number of nitrogens with zero attached hydrogens (tertiary/aromatic N) is 2. The molecule has 1 aromatic heterocycles. The monoisotopic (exact) mass is 361 g/mol. The third-order valence-electron chi connectivity index (χ3n) is 3.19. The quantitative estimate of drug-likeness (QED) is 0.725. The highest BCUT2D eigenvalue weighted by atomic mass is 35.5. The Balaban J connectivity index is 1.79. The topological polar surface area (TPSA) is 54.9 Å². The van der Waals surface area contributed by atoms with E-state index in [1.54, 1.807) is 30.3 Å². The van der Waals surface area contributed by atoms with Crippen molar-refractivity contribution in [2.45, 2.75) is 0 Å². The Morgan fingerprint density at radius 2 is 1.67 bits per heavy atom. The number of carbonyl (C=O) groups is 1. The zero-order chi connectivity index (χ0) is 17.1. The summed E-state index contributed by atoms with van der Waals surface area (Å²) in [6.45, 7) is 0. The van der Waals surface area contributed by atoms with Crippen LogP contribution in [0.2, 0.25) is 10.0 Å². The number of benzene rings is 2. The summed E-state index contributed by atoms with van der Waals surface area (Å²) in [6.07, 6.45) is 2.78. The number of hydrogen-bond donors (Lipinski definition) is 1. The first-order valence-corrected chi connectivity index (χ1v) is 7.63. The van der Waals surface area contributed by atoms with E-state index >= 15 is 0 Å². The molecule has 4 nitrogen and oxygen atoms in total. The minimum atomic E-state index is -0.412. The highest BCUT2D eigenvalue weighted by Crippen LogP contribution is 2.26. The molecule has 0 unspecified atom stereocenters. The summed E-state index contributed by atoms with van der Waals surface area (Å²) in [5, 5.41) is 3.48. The first kappa shape index (κ1) is 16.4. The standard InChI is InChI=1S/C17H10Cl2FN3O/c18-12-3-6-14(19)15(7-12)23-17(24)11-8-21-16(22-9-11)10-1-4-13(20)5-2-10/h1-9H,(H,23,24). The lowest BCUT2D eigenvalue weighted by molar-refractivity contribution is 0.102. The van der Waals surface area contributed by atoms with Crippen LogP contribution in [-0.2, 0) is 0 Å². The van der Waals surface area contributed by atoms with Crippen LogP contribution in [0.1, 0.15) is 10.4 Å². The van der Waals surface area contributed by atoms with Crippen LogP contribution in [0.5, 0.6) is 0 Å². The molecule has 0 aliphatic carbocycles. The second-order valence-electron chi connectivity index (χ2n) is 4.88. The van der Waals surface area contributed by atoms with Gasteiger partial charge in [0.25, 0.3) is 5.91 Å². The molecular formula is C17H10Cl2FN3O. The Bertz CT molecular complexity index is 883. The van der Waals surface area contributed by atoms with Crippen LogP contribution >= 0.6 is 23.2 Å². The lowest BCUT2D eigenvalue weighted by Gasteiger charge is -2.08. The average molecular weight is 362 g/mol. The van der Waals surface area contributed by atoms with Crippen molar-refractivity contribution in [2.75, 3.05) is 5.32 Å². The molecule has 0 bridgehead atoms. The molecule has 7 heteroatoms. The molecule has 3 aromatic rings. The van der Waals surface area contributed by atoms with Gasteiger partial charge < -0.3 is 5.32 Å². The van der Waals surface area contributed by atoms with Crippen LogP contribution in [0.4, 0.5) is 10.1 Å². The molecule has 0 aliphatic rings. The maximum absolute atomic E-state index is 12.9. The molecule has 1 heterocycles. The summed E-state index contributed by atoms with van der Waals surface area (Å²) in [5.74, 6) is -0.356. The predicted molar refractivity (Wildman–Crippen MR) is 91.8 cm³/mol. The van der Waals surface area contributed by atoms with Crippen molar-refractivity contribution >= 4 is 34.8 Å². The van der Waals surface area contributed by atoms with Gasteiger partial charge in [0.1, 0.15) is 5.82 Å². The third-order valence-corrected chi connectivity index (χ3v) is 3.76. The van der Waals surface area contributed by atoms with Crippen LogP contribution in [-0.4, -0.2) is 15.9 Å². The number of amides is 1. The second-order valence-corrected chi connectivity index (χ2v) is 5.72. The van der Waals surface area contributed by atoms with E-state index < -0.39 is 5.91 Å². The summed E-state index contributed by atoms with van der Waals surface area (Å²) < 4.78 is 12.9. The molecule has 24 heavy (non-hydrogen) atoms. The molecule has 120 valence electrons. The maximum atomic E-state index is 12.9. The van der Waals surface area contributed by atoms with Gasteiger partial charge in [-0.2, -0.15) is 0 Å². The van der Waals surface area contributed by atoms with E-state index in [2.05, 4.69) is 15.3 Å². The van der Waals surface area contributed by atoms with Gasteiger partial charge in [-0.1, -0.05) is 23.2 Å². The fourth-order valence-electron chi connectivity index (χ4n) is 1.98. The van der Waals surface area contributed by atoms with E-state index in [0.29, 0.717) is 27.1 Å². The maximum Gasteiger partial charge on any atom is 0.258 e. The Kier molecular flexibility index (Phi) is 4.74. The highest BCUT2D eigenvalue weighted by molar-refractivity contribution is 6.35. The SMILES string of the molecule is O=C(Nc1cc(Cl)ccc1Cl)c1cnc(-c2ccc(F)cc2)nc1. The zero-order valence-electron chi connectivity index (χ0n) is 12.1. The Labute approximate surface area is 147 Å². The van der Waals surface area contributed by atoms with Crippen molar-refractivity contribution in [3.05, 3.63) is 76.3 Å². The van der Waals surface area contributed by atoms with E-state index in [4.69, 9.17) is 23.2 Å². The van der Waals surface area contributed by atoms with Gasteiger partial charge in [0.05, 0.1) is 16.3 Å². The summed E-state index contributed by atoms with van der Waals surface area (Å²) >= 11 is 11.9. The number of nitrogens with one attached hydrogen (secondary N) is 1. The lowest BCUT2D eigenvalue weighted by atomic mass is 10.2. The number of halogens is 3. The third kappa shape index (κ3) is 3.69. The average Bonchev–Trinajstić information content (AvgIpc) is 2.59. The van der Waals surface area contributed by atoms with E-state index in [9.17, 15) is 9.18 Å². The van der Waals surface area contributed by atoms with Crippen LogP contribution in [0, 0.1) is 5.82 Å². The Hall–Kier alpha value is -2.50. The number of hydrogen-bond acceptors (Lipinski definition) is 3. The van der Waals surface area contributed by atoms with Crippen LogP contribution < -0.4 is 5.32 Å². The summed E-state index contributed by atoms with van der Waals surface area (Å²) in [4.78, 5) is 20.5. The minimum Gasteiger partial charge on any atom is -0.320 e. The molecule has 0 fully saturated rings. The highest BCUT2D eigenvalue weighted by Gasteiger charge is 2.11. The summed E-state index contributed by atoms with van der Waals surface area (Å²) in [6, 6.07) is 10.5. The van der Waals surface area contributed by atoms with Crippen molar-refractivity contribution in [2.24, 2.45) is 0 Å². The fourth-order valence-corrected chi connectivity index (χ4v) is 2.32. The number of rotatable bonds is 3. The van der Waals surface area contributed by atoms with Gasteiger partial charge >= 0.3 is 0 Å². The van der Waals surface area contributed by atoms with Crippen LogP contribution in [0.25, 0.3) is 11.4 Å². The summed E-state index contributed by atoms with van der Waals surface area (Å²) in [7, 11) is 0. The molecular weight excluding hydrogens is 352 g/mol. The summed E-state index contributed by atoms with van der Waals surface area (Å²) in [5.41, 5.74) is 1.31. The van der Waals surface area contributed by atoms with Crippen molar-refractivity contribution in [1.82, 2.24) is 9.97 Å². The van der Waals surface area contributed by atoms with E-state index in [-0.39, 0.29) is 11.4 Å². The predicted octanol–water partition coefficient (Wildman–Crippen LogP) is 4.84. The molecule has 3 rings (SSSR count). The molecule has 0 saturated heterocycles. The Morgan fingerprint density at radius 3 is 2.33 bits per heavy atom. The lowest BCUT2D eigenvalue weighted by Crippen LogP contribution is -2.13. The number of anilines is 1. The number of carbonyl (C=O) groups excluding carboxylic acids is 1. The van der Waals surface area contributed by atoms with Crippen molar-refractivity contribution in [3.63, 3.8) is 0 Å². The van der Waals surface area contributed by atoms with Gasteiger partial charge in [0.15, 0.2) is 5.82 Å².